The normalized spacial score (nSPS) is 19.6. The molecule has 0 saturated heterocycles. The van der Waals surface area contributed by atoms with Crippen LogP contribution in [0.15, 0.2) is 48.5 Å². The second kappa shape index (κ2) is 15.5. The number of aryl methyl sites for hydroxylation is 8. The van der Waals surface area contributed by atoms with Crippen LogP contribution in [0.5, 0.6) is 23.0 Å². The molecule has 6 rings (SSSR count). The fourth-order valence-corrected chi connectivity index (χ4v) is 13.2. The zero-order valence-electron chi connectivity index (χ0n) is 32.4. The highest BCUT2D eigenvalue weighted by atomic mass is 31.1. The van der Waals surface area contributed by atoms with Crippen molar-refractivity contribution in [3.05, 3.63) is 93.0 Å². The summed E-state index contributed by atoms with van der Waals surface area (Å²) >= 11 is 0. The molecule has 2 fully saturated rings. The van der Waals surface area contributed by atoms with Gasteiger partial charge in [0, 0.05) is 21.2 Å². The van der Waals surface area contributed by atoms with Gasteiger partial charge >= 0.3 is 0 Å². The van der Waals surface area contributed by atoms with Gasteiger partial charge in [0.1, 0.15) is 23.0 Å². The lowest BCUT2D eigenvalue weighted by molar-refractivity contribution is 0.0161. The van der Waals surface area contributed by atoms with E-state index in [2.05, 4.69) is 104 Å². The Hall–Kier alpha value is -3.14. The average molecular weight is 729 g/mol. The number of fused-ring (bicyclic) bond motifs is 1. The zero-order valence-corrected chi connectivity index (χ0v) is 34.2. The summed E-state index contributed by atoms with van der Waals surface area (Å²) in [7, 11) is 4.85. The van der Waals surface area contributed by atoms with Crippen LogP contribution >= 0.6 is 16.3 Å². The molecule has 4 aromatic carbocycles. The van der Waals surface area contributed by atoms with Gasteiger partial charge in [0.05, 0.1) is 56.9 Å². The third kappa shape index (κ3) is 7.40. The second-order valence-electron chi connectivity index (χ2n) is 14.5. The van der Waals surface area contributed by atoms with Gasteiger partial charge in [-0.05, 0) is 180 Å². The first kappa shape index (κ1) is 37.6. The molecule has 0 aromatic heterocycles. The minimum absolute atomic E-state index is 0.160. The van der Waals surface area contributed by atoms with Crippen LogP contribution in [0.2, 0.25) is 0 Å². The van der Waals surface area contributed by atoms with Crippen LogP contribution < -0.4 is 40.2 Å². The Morgan fingerprint density at radius 3 is 1.00 bits per heavy atom. The molecule has 0 unspecified atom stereocenters. The predicted octanol–water partition coefficient (Wildman–Crippen LogP) is 8.78. The molecule has 272 valence electrons. The summed E-state index contributed by atoms with van der Waals surface area (Å²) in [6.07, 6.45) is 3.46. The number of methoxy groups -OCH3 is 4. The lowest BCUT2D eigenvalue weighted by Gasteiger charge is -2.42. The molecular formula is C43H54O6P2. The summed E-state index contributed by atoms with van der Waals surface area (Å²) in [4.78, 5) is 0. The van der Waals surface area contributed by atoms with E-state index in [1.165, 1.54) is 21.2 Å². The molecule has 2 saturated carbocycles. The first-order valence-corrected chi connectivity index (χ1v) is 20.4. The smallest absolute Gasteiger partial charge is 0.124 e. The maximum absolute atomic E-state index is 7.28. The van der Waals surface area contributed by atoms with Crippen LogP contribution in [-0.4, -0.2) is 40.6 Å². The van der Waals surface area contributed by atoms with Gasteiger partial charge in [0.25, 0.3) is 0 Å². The Morgan fingerprint density at radius 1 is 0.412 bits per heavy atom. The largest absolute Gasteiger partial charge is 0.496 e. The molecule has 0 spiro atoms. The Balaban J connectivity index is 1.29. The summed E-state index contributed by atoms with van der Waals surface area (Å²) in [5, 5.41) is 4.88. The minimum atomic E-state index is -1.07. The van der Waals surface area contributed by atoms with Crippen molar-refractivity contribution in [1.29, 1.82) is 0 Å². The first-order chi connectivity index (χ1) is 24.4. The maximum Gasteiger partial charge on any atom is 0.124 e. The zero-order chi connectivity index (χ0) is 36.7. The number of hydrogen-bond acceptors (Lipinski definition) is 6. The van der Waals surface area contributed by atoms with Crippen molar-refractivity contribution >= 4 is 37.5 Å². The molecule has 51 heavy (non-hydrogen) atoms. The average Bonchev–Trinajstić information content (AvgIpc) is 3.38. The third-order valence-electron chi connectivity index (χ3n) is 10.7. The molecule has 0 amide bonds. The van der Waals surface area contributed by atoms with Gasteiger partial charge < -0.3 is 28.0 Å². The molecule has 4 atom stereocenters. The number of benzene rings is 4. The highest BCUT2D eigenvalue weighted by Gasteiger charge is 2.50. The van der Waals surface area contributed by atoms with E-state index in [1.807, 2.05) is 0 Å². The highest BCUT2D eigenvalue weighted by Crippen LogP contribution is 2.56. The Kier molecular flexibility index (Phi) is 11.4. The number of ether oxygens (including phenoxy) is 4. The SMILES string of the molecule is COc1c(C)cc(P(O[C@@H]2C[C@@H]3C[C@H](OP(c4cc(C)c(OC)c(C)c4)c4cc(C)c(OC)c(C)c4)[C@@H]3C2)c2cc(C)c(OC)c(C)c2)cc1C. The van der Waals surface area contributed by atoms with Gasteiger partial charge in [-0.2, -0.15) is 0 Å². The molecule has 0 radical (unpaired) electrons. The summed E-state index contributed by atoms with van der Waals surface area (Å²) in [5.41, 5.74) is 9.05. The van der Waals surface area contributed by atoms with E-state index in [4.69, 9.17) is 28.0 Å². The lowest BCUT2D eigenvalue weighted by atomic mass is 9.74. The van der Waals surface area contributed by atoms with Gasteiger partial charge in [0.2, 0.25) is 0 Å². The van der Waals surface area contributed by atoms with E-state index in [9.17, 15) is 0 Å². The lowest BCUT2D eigenvalue weighted by Crippen LogP contribution is -2.40. The molecule has 0 heterocycles. The predicted molar refractivity (Wildman–Crippen MR) is 213 cm³/mol. The fourth-order valence-electron chi connectivity index (χ4n) is 8.61. The van der Waals surface area contributed by atoms with Crippen molar-refractivity contribution in [2.45, 2.75) is 86.9 Å². The first-order valence-electron chi connectivity index (χ1n) is 17.9. The van der Waals surface area contributed by atoms with Crippen LogP contribution in [0.1, 0.15) is 63.8 Å². The van der Waals surface area contributed by atoms with Crippen molar-refractivity contribution < 1.29 is 28.0 Å². The molecule has 2 aliphatic carbocycles. The summed E-state index contributed by atoms with van der Waals surface area (Å²) in [5.74, 6) is 4.83. The Bertz CT molecular complexity index is 1590. The van der Waals surface area contributed by atoms with Crippen molar-refractivity contribution in [2.24, 2.45) is 11.8 Å². The van der Waals surface area contributed by atoms with Crippen molar-refractivity contribution in [2.75, 3.05) is 28.4 Å². The van der Waals surface area contributed by atoms with Crippen LogP contribution in [-0.2, 0) is 9.05 Å². The van der Waals surface area contributed by atoms with Gasteiger partial charge in [-0.3, -0.25) is 0 Å². The summed E-state index contributed by atoms with van der Waals surface area (Å²) in [6, 6.07) is 18.1. The molecule has 8 heteroatoms. The molecule has 0 aliphatic heterocycles. The standard InChI is InChI=1S/C43H54O6P2/c1-24-13-34(14-25(2)40(24)44-9)50(35-15-26(3)41(45-10)27(4)16-35)48-33-21-32-22-39(38(32)23-33)49-51(36-17-28(5)42(46-11)29(6)18-36)37-19-30(7)43(47-12)31(8)20-37/h13-20,32-33,38-39H,21-23H2,1-12H3/t32-,33-,38-,39+/m1/s1. The highest BCUT2D eigenvalue weighted by molar-refractivity contribution is 7.69. The van der Waals surface area contributed by atoms with Crippen LogP contribution in [0.25, 0.3) is 0 Å². The van der Waals surface area contributed by atoms with Gasteiger partial charge in [-0.15, -0.1) is 0 Å². The maximum atomic E-state index is 7.28. The summed E-state index contributed by atoms with van der Waals surface area (Å²) < 4.78 is 37.5. The van der Waals surface area contributed by atoms with E-state index in [1.54, 1.807) is 28.4 Å². The molecule has 2 aliphatic rings. The van der Waals surface area contributed by atoms with Crippen molar-refractivity contribution in [3.8, 4) is 23.0 Å². The van der Waals surface area contributed by atoms with Crippen LogP contribution in [0.3, 0.4) is 0 Å². The van der Waals surface area contributed by atoms with E-state index in [0.717, 1.165) is 86.8 Å². The van der Waals surface area contributed by atoms with Crippen LogP contribution in [0.4, 0.5) is 0 Å². The molecule has 6 nitrogen and oxygen atoms in total. The van der Waals surface area contributed by atoms with Crippen molar-refractivity contribution in [1.82, 2.24) is 0 Å². The minimum Gasteiger partial charge on any atom is -0.496 e. The molecule has 4 aromatic rings. The second-order valence-corrected chi connectivity index (χ2v) is 18.2. The van der Waals surface area contributed by atoms with Gasteiger partial charge in [0.15, 0.2) is 0 Å². The van der Waals surface area contributed by atoms with Crippen molar-refractivity contribution in [3.63, 3.8) is 0 Å². The van der Waals surface area contributed by atoms with E-state index in [0.29, 0.717) is 11.8 Å². The monoisotopic (exact) mass is 728 g/mol. The molecule has 0 bridgehead atoms. The Labute approximate surface area is 307 Å². The third-order valence-corrected chi connectivity index (χ3v) is 14.6. The van der Waals surface area contributed by atoms with E-state index in [-0.39, 0.29) is 12.2 Å². The van der Waals surface area contributed by atoms with Crippen LogP contribution in [0, 0.1) is 67.2 Å². The summed E-state index contributed by atoms with van der Waals surface area (Å²) in [6.45, 7) is 17.0. The topological polar surface area (TPSA) is 55.4 Å². The molecular weight excluding hydrogens is 674 g/mol. The number of rotatable bonds is 12. The van der Waals surface area contributed by atoms with Gasteiger partial charge in [-0.25, -0.2) is 0 Å². The molecule has 0 N–H and O–H groups in total. The quantitative estimate of drug-likeness (QED) is 0.136. The fraction of sp³-hybridized carbons (Fsp3) is 0.442. The van der Waals surface area contributed by atoms with E-state index >= 15 is 0 Å². The van der Waals surface area contributed by atoms with E-state index < -0.39 is 16.3 Å². The van der Waals surface area contributed by atoms with Gasteiger partial charge in [-0.1, -0.05) is 0 Å². The Morgan fingerprint density at radius 2 is 0.706 bits per heavy atom. The number of hydrogen-bond donors (Lipinski definition) is 0.